The van der Waals surface area contributed by atoms with Crippen LogP contribution in [0.2, 0.25) is 0 Å². The summed E-state index contributed by atoms with van der Waals surface area (Å²) in [5.41, 5.74) is 7.59. The molecule has 0 unspecified atom stereocenters. The topological polar surface area (TPSA) is 139 Å². The molecule has 4 rings (SSSR count). The summed E-state index contributed by atoms with van der Waals surface area (Å²) in [5.74, 6) is -1.59. The predicted molar refractivity (Wildman–Crippen MR) is 148 cm³/mol. The summed E-state index contributed by atoms with van der Waals surface area (Å²) in [7, 11) is 1.60. The summed E-state index contributed by atoms with van der Waals surface area (Å²) < 4.78 is 67.6. The number of fused-ring (bicyclic) bond motifs is 1. The van der Waals surface area contributed by atoms with Gasteiger partial charge in [-0.15, -0.1) is 0 Å². The first-order valence-corrected chi connectivity index (χ1v) is 12.1. The van der Waals surface area contributed by atoms with E-state index < -0.39 is 47.7 Å². The van der Waals surface area contributed by atoms with Crippen molar-refractivity contribution in [3.05, 3.63) is 78.0 Å². The number of alkyl halides is 3. The van der Waals surface area contributed by atoms with Gasteiger partial charge in [0.15, 0.2) is 5.83 Å². The average molecular weight is 598 g/mol. The van der Waals surface area contributed by atoms with Crippen LogP contribution in [0, 0.1) is 17.7 Å². The summed E-state index contributed by atoms with van der Waals surface area (Å²) in [6.07, 6.45) is -3.44. The summed E-state index contributed by atoms with van der Waals surface area (Å²) in [4.78, 5) is 39.2. The number of benzene rings is 2. The minimum atomic E-state index is -4.70. The Labute approximate surface area is 239 Å². The van der Waals surface area contributed by atoms with Crippen molar-refractivity contribution in [3.8, 4) is 34.2 Å². The number of amides is 2. The van der Waals surface area contributed by atoms with Gasteiger partial charge in [-0.1, -0.05) is 30.7 Å². The molecule has 2 heterocycles. The third kappa shape index (κ3) is 6.46. The maximum absolute atomic E-state index is 15.2. The zero-order valence-electron chi connectivity index (χ0n) is 22.1. The van der Waals surface area contributed by atoms with Crippen molar-refractivity contribution in [1.82, 2.24) is 14.9 Å². The largest absolute Gasteiger partial charge is 0.472 e. The van der Waals surface area contributed by atoms with E-state index in [1.807, 2.05) is 5.92 Å². The van der Waals surface area contributed by atoms with Crippen LogP contribution in [0.3, 0.4) is 0 Å². The number of hydrogen-bond donors (Lipinski definition) is 4. The summed E-state index contributed by atoms with van der Waals surface area (Å²) >= 11 is 0. The first kappa shape index (κ1) is 30.3. The number of aliphatic carboxylic acids is 1. The molecular formula is C29H20F5N5O4. The molecule has 0 saturated carbocycles. The lowest BCUT2D eigenvalue weighted by molar-refractivity contribution is -0.130. The number of nitrogens with zero attached hydrogens (tertiary/aromatic N) is 2. The van der Waals surface area contributed by atoms with Gasteiger partial charge in [0.25, 0.3) is 11.8 Å². The van der Waals surface area contributed by atoms with Crippen LogP contribution in [-0.4, -0.2) is 45.2 Å². The van der Waals surface area contributed by atoms with Gasteiger partial charge in [0, 0.05) is 30.4 Å². The van der Waals surface area contributed by atoms with E-state index in [0.717, 1.165) is 12.1 Å². The molecule has 9 nitrogen and oxygen atoms in total. The number of aromatic nitrogens is 2. The minimum Gasteiger partial charge on any atom is -0.472 e. The number of nitrogens with two attached hydrogens (primary N) is 1. The zero-order chi connectivity index (χ0) is 31.6. The predicted octanol–water partition coefficient (Wildman–Crippen LogP) is 4.78. The van der Waals surface area contributed by atoms with E-state index in [2.05, 4.69) is 22.8 Å². The van der Waals surface area contributed by atoms with Gasteiger partial charge in [-0.05, 0) is 35.4 Å². The maximum atomic E-state index is 15.2. The number of anilines is 2. The Balaban J connectivity index is 1.94. The molecule has 2 aromatic carbocycles. The number of nitrogens with one attached hydrogen (secondary N) is 2. The van der Waals surface area contributed by atoms with Gasteiger partial charge in [-0.25, -0.2) is 18.6 Å². The highest BCUT2D eigenvalue weighted by Crippen LogP contribution is 2.43. The quantitative estimate of drug-likeness (QED) is 0.143. The van der Waals surface area contributed by atoms with Crippen LogP contribution in [0.1, 0.15) is 15.9 Å². The number of carbonyl (C=O) groups excluding carboxylic acids is 2. The van der Waals surface area contributed by atoms with E-state index >= 15 is 4.39 Å². The Morgan fingerprint density at radius 2 is 1.77 bits per heavy atom. The number of aryl methyl sites for hydroxylation is 1. The fourth-order valence-electron chi connectivity index (χ4n) is 4.38. The normalized spacial score (nSPS) is 11.0. The van der Waals surface area contributed by atoms with E-state index in [1.165, 1.54) is 24.4 Å². The standard InChI is InChI=1S/C29H20F5N5O4/c1-14(30)27(42)38-18-7-3-15(4-8-18)24-22(16-5-9-19(20(31)11-16)28(43)37-13-29(32,33)34)23-25(39(24)2)17(6-10-21(40)41)12-36-26(23)35/h3-5,7-9,11-12H,1,13H2,2H3,(H2,35,36)(H,37,43)(H,38,42)(H,40,41). The van der Waals surface area contributed by atoms with E-state index in [0.29, 0.717) is 16.8 Å². The molecule has 4 aromatic rings. The molecule has 0 radical (unpaired) electrons. The van der Waals surface area contributed by atoms with Crippen molar-refractivity contribution in [2.45, 2.75) is 6.18 Å². The lowest BCUT2D eigenvalue weighted by Gasteiger charge is -2.12. The molecule has 0 aliphatic rings. The molecule has 0 bridgehead atoms. The molecular weight excluding hydrogens is 577 g/mol. The molecule has 2 aromatic heterocycles. The monoisotopic (exact) mass is 597 g/mol. The molecule has 0 saturated heterocycles. The average Bonchev–Trinajstić information content (AvgIpc) is 3.25. The van der Waals surface area contributed by atoms with Crippen molar-refractivity contribution in [2.75, 3.05) is 17.6 Å². The number of pyridine rings is 1. The Morgan fingerprint density at radius 3 is 2.35 bits per heavy atom. The summed E-state index contributed by atoms with van der Waals surface area (Å²) in [5, 5.41) is 13.2. The Kier molecular flexibility index (Phi) is 8.20. The van der Waals surface area contributed by atoms with Gasteiger partial charge in [0.1, 0.15) is 18.2 Å². The first-order valence-electron chi connectivity index (χ1n) is 12.1. The van der Waals surface area contributed by atoms with E-state index in [9.17, 15) is 31.9 Å². The van der Waals surface area contributed by atoms with Crippen molar-refractivity contribution in [2.24, 2.45) is 7.05 Å². The second-order valence-electron chi connectivity index (χ2n) is 9.05. The molecule has 0 fully saturated rings. The first-order chi connectivity index (χ1) is 20.2. The SMILES string of the molecule is C=C(F)C(=O)Nc1ccc(-c2c(-c3ccc(C(=O)NCC(F)(F)F)c(F)c3)c3c(N)ncc(C#CC(=O)O)c3n2C)cc1. The highest BCUT2D eigenvalue weighted by molar-refractivity contribution is 6.11. The number of halogens is 5. The van der Waals surface area contributed by atoms with Crippen molar-refractivity contribution in [1.29, 1.82) is 0 Å². The van der Waals surface area contributed by atoms with E-state index in [-0.39, 0.29) is 33.6 Å². The Bertz CT molecular complexity index is 1870. The van der Waals surface area contributed by atoms with Gasteiger partial charge in [0.05, 0.1) is 27.7 Å². The number of carboxylic acids is 1. The molecule has 43 heavy (non-hydrogen) atoms. The number of nitrogen functional groups attached to an aromatic ring is 1. The zero-order valence-corrected chi connectivity index (χ0v) is 22.1. The van der Waals surface area contributed by atoms with Crippen molar-refractivity contribution >= 4 is 40.2 Å². The smallest absolute Gasteiger partial charge is 0.405 e. The second kappa shape index (κ2) is 11.6. The molecule has 5 N–H and O–H groups in total. The lowest BCUT2D eigenvalue weighted by Crippen LogP contribution is -2.34. The van der Waals surface area contributed by atoms with Gasteiger partial charge < -0.3 is 26.0 Å². The van der Waals surface area contributed by atoms with E-state index in [1.54, 1.807) is 29.1 Å². The molecule has 14 heteroatoms. The van der Waals surface area contributed by atoms with Crippen LogP contribution in [0.15, 0.2) is 61.1 Å². The number of hydrogen-bond acceptors (Lipinski definition) is 5. The second-order valence-corrected chi connectivity index (χ2v) is 9.05. The molecule has 220 valence electrons. The van der Waals surface area contributed by atoms with E-state index in [4.69, 9.17) is 10.8 Å². The number of rotatable bonds is 6. The lowest BCUT2D eigenvalue weighted by atomic mass is 9.96. The summed E-state index contributed by atoms with van der Waals surface area (Å²) in [6.45, 7) is 1.28. The van der Waals surface area contributed by atoms with Crippen LogP contribution in [-0.2, 0) is 16.6 Å². The number of carboxylic acid groups (broad SMARTS) is 1. The van der Waals surface area contributed by atoms with Crippen molar-refractivity contribution < 1.29 is 41.4 Å². The fourth-order valence-corrected chi connectivity index (χ4v) is 4.38. The van der Waals surface area contributed by atoms with Crippen molar-refractivity contribution in [3.63, 3.8) is 0 Å². The van der Waals surface area contributed by atoms with Gasteiger partial charge in [-0.2, -0.15) is 13.2 Å². The van der Waals surface area contributed by atoms with Crippen LogP contribution in [0.25, 0.3) is 33.3 Å². The minimum absolute atomic E-state index is 0.0366. The fraction of sp³-hybridized carbons (Fsp3) is 0.103. The summed E-state index contributed by atoms with van der Waals surface area (Å²) in [6, 6.07) is 9.28. The molecule has 0 atom stereocenters. The molecule has 0 aliphatic carbocycles. The van der Waals surface area contributed by atoms with Crippen LogP contribution < -0.4 is 16.4 Å². The Morgan fingerprint density at radius 1 is 1.12 bits per heavy atom. The molecule has 2 amide bonds. The molecule has 0 spiro atoms. The van der Waals surface area contributed by atoms with Crippen LogP contribution in [0.4, 0.5) is 33.5 Å². The van der Waals surface area contributed by atoms with Gasteiger partial charge in [-0.3, -0.25) is 9.59 Å². The maximum Gasteiger partial charge on any atom is 0.405 e. The highest BCUT2D eigenvalue weighted by Gasteiger charge is 2.29. The third-order valence-electron chi connectivity index (χ3n) is 6.16. The Hall–Kier alpha value is -5.71. The highest BCUT2D eigenvalue weighted by atomic mass is 19.4. The third-order valence-corrected chi connectivity index (χ3v) is 6.16. The van der Waals surface area contributed by atoms with Gasteiger partial charge in [0.2, 0.25) is 0 Å². The van der Waals surface area contributed by atoms with Crippen LogP contribution in [0.5, 0.6) is 0 Å². The van der Waals surface area contributed by atoms with Gasteiger partial charge >= 0.3 is 12.1 Å². The molecule has 0 aliphatic heterocycles. The number of carbonyl (C=O) groups is 3. The van der Waals surface area contributed by atoms with Crippen LogP contribution >= 0.6 is 0 Å².